The lowest BCUT2D eigenvalue weighted by Gasteiger charge is -2.51. The van der Waals surface area contributed by atoms with Crippen molar-refractivity contribution in [3.05, 3.63) is 35.9 Å². The molecule has 7 nitrogen and oxygen atoms in total. The molecule has 1 N–H and O–H groups in total. The number of ether oxygens (including phenoxy) is 1. The van der Waals surface area contributed by atoms with Gasteiger partial charge in [0.15, 0.2) is 0 Å². The van der Waals surface area contributed by atoms with Crippen LogP contribution < -0.4 is 5.32 Å². The van der Waals surface area contributed by atoms with Crippen molar-refractivity contribution in [3.8, 4) is 0 Å². The zero-order valence-corrected chi connectivity index (χ0v) is 21.4. The highest BCUT2D eigenvalue weighted by Crippen LogP contribution is 2.39. The molecule has 1 saturated heterocycles. The van der Waals surface area contributed by atoms with Gasteiger partial charge >= 0.3 is 0 Å². The largest absolute Gasteiger partial charge is 0.379 e. The SMILES string of the molecule is CNC(=O)CCC(=O)N(CCCN(C)C)C1CCC(Cc2ccccc2)(N2CCOCC2)CC1. The van der Waals surface area contributed by atoms with Crippen LogP contribution in [0.3, 0.4) is 0 Å². The summed E-state index contributed by atoms with van der Waals surface area (Å²) in [6.45, 7) is 5.28. The summed E-state index contributed by atoms with van der Waals surface area (Å²) in [7, 11) is 5.76. The second kappa shape index (κ2) is 13.2. The Hall–Kier alpha value is -1.96. The van der Waals surface area contributed by atoms with Gasteiger partial charge in [-0.2, -0.15) is 0 Å². The summed E-state index contributed by atoms with van der Waals surface area (Å²) in [6, 6.07) is 11.1. The fourth-order valence-corrected chi connectivity index (χ4v) is 5.63. The number of rotatable bonds is 11. The zero-order chi connectivity index (χ0) is 24.4. The average Bonchev–Trinajstić information content (AvgIpc) is 2.86. The van der Waals surface area contributed by atoms with Crippen LogP contribution in [0.15, 0.2) is 30.3 Å². The molecule has 1 heterocycles. The van der Waals surface area contributed by atoms with E-state index >= 15 is 0 Å². The van der Waals surface area contributed by atoms with E-state index in [1.54, 1.807) is 7.05 Å². The second-order valence-electron chi connectivity index (χ2n) is 10.1. The molecular weight excluding hydrogens is 428 g/mol. The van der Waals surface area contributed by atoms with Gasteiger partial charge in [-0.3, -0.25) is 14.5 Å². The Bertz CT molecular complexity index is 756. The van der Waals surface area contributed by atoms with Crippen molar-refractivity contribution >= 4 is 11.8 Å². The van der Waals surface area contributed by atoms with Gasteiger partial charge in [-0.05, 0) is 64.7 Å². The van der Waals surface area contributed by atoms with Crippen LogP contribution >= 0.6 is 0 Å². The first kappa shape index (κ1) is 26.6. The lowest BCUT2D eigenvalue weighted by Crippen LogP contribution is -2.58. The minimum Gasteiger partial charge on any atom is -0.379 e. The fraction of sp³-hybridized carbons (Fsp3) is 0.704. The van der Waals surface area contributed by atoms with Gasteiger partial charge in [0.25, 0.3) is 0 Å². The average molecular weight is 473 g/mol. The number of hydrogen-bond acceptors (Lipinski definition) is 5. The maximum absolute atomic E-state index is 13.2. The molecule has 1 aliphatic heterocycles. The number of carbonyl (C=O) groups is 2. The number of benzene rings is 1. The van der Waals surface area contributed by atoms with Crippen molar-refractivity contribution in [2.24, 2.45) is 0 Å². The maximum atomic E-state index is 13.2. The summed E-state index contributed by atoms with van der Waals surface area (Å²) in [6.07, 6.45) is 6.74. The van der Waals surface area contributed by atoms with Crippen LogP contribution in [0.1, 0.15) is 50.5 Å². The normalized spacial score (nSPS) is 23.6. The predicted octanol–water partition coefficient (Wildman–Crippen LogP) is 2.55. The topological polar surface area (TPSA) is 65.1 Å². The molecule has 0 bridgehead atoms. The van der Waals surface area contributed by atoms with E-state index < -0.39 is 0 Å². The standard InChI is InChI=1S/C27H44N4O3/c1-28-25(32)10-11-26(33)31(17-7-16-29(2)3)24-12-14-27(15-13-24,30-18-20-34-21-19-30)22-23-8-5-4-6-9-23/h4-6,8-9,24H,7,10-22H2,1-3H3,(H,28,32). The highest BCUT2D eigenvalue weighted by atomic mass is 16.5. The molecule has 0 atom stereocenters. The monoisotopic (exact) mass is 472 g/mol. The number of morpholine rings is 1. The third-order valence-electron chi connectivity index (χ3n) is 7.55. The molecule has 1 aromatic rings. The van der Waals surface area contributed by atoms with Gasteiger partial charge in [0.1, 0.15) is 0 Å². The van der Waals surface area contributed by atoms with Crippen LogP contribution in [-0.2, 0) is 20.7 Å². The molecular formula is C27H44N4O3. The Morgan fingerprint density at radius 2 is 1.74 bits per heavy atom. The van der Waals surface area contributed by atoms with Gasteiger partial charge in [-0.1, -0.05) is 30.3 Å². The molecule has 2 fully saturated rings. The van der Waals surface area contributed by atoms with Crippen LogP contribution in [0.2, 0.25) is 0 Å². The Balaban J connectivity index is 1.70. The van der Waals surface area contributed by atoms with Crippen LogP contribution in [0, 0.1) is 0 Å². The molecule has 1 aliphatic carbocycles. The van der Waals surface area contributed by atoms with Crippen LogP contribution in [-0.4, -0.2) is 98.6 Å². The van der Waals surface area contributed by atoms with Crippen molar-refractivity contribution in [2.75, 3.05) is 60.5 Å². The summed E-state index contributed by atoms with van der Waals surface area (Å²) in [4.78, 5) is 31.9. The maximum Gasteiger partial charge on any atom is 0.223 e. The molecule has 0 radical (unpaired) electrons. The van der Waals surface area contributed by atoms with Crippen molar-refractivity contribution < 1.29 is 14.3 Å². The molecule has 2 amide bonds. The van der Waals surface area contributed by atoms with Crippen LogP contribution in [0.25, 0.3) is 0 Å². The van der Waals surface area contributed by atoms with E-state index in [0.29, 0.717) is 0 Å². The van der Waals surface area contributed by atoms with Gasteiger partial charge in [-0.15, -0.1) is 0 Å². The van der Waals surface area contributed by atoms with E-state index in [2.05, 4.69) is 64.4 Å². The summed E-state index contributed by atoms with van der Waals surface area (Å²) < 4.78 is 5.66. The Labute approximate surface area is 205 Å². The predicted molar refractivity (Wildman–Crippen MR) is 136 cm³/mol. The van der Waals surface area contributed by atoms with E-state index in [4.69, 9.17) is 4.74 Å². The van der Waals surface area contributed by atoms with Crippen LogP contribution in [0.5, 0.6) is 0 Å². The molecule has 3 rings (SSSR count). The fourth-order valence-electron chi connectivity index (χ4n) is 5.63. The molecule has 0 spiro atoms. The van der Waals surface area contributed by atoms with Gasteiger partial charge in [0.2, 0.25) is 11.8 Å². The van der Waals surface area contributed by atoms with Gasteiger partial charge in [0.05, 0.1) is 13.2 Å². The van der Waals surface area contributed by atoms with E-state index in [1.807, 2.05) is 0 Å². The van der Waals surface area contributed by atoms with Crippen molar-refractivity contribution in [1.29, 1.82) is 0 Å². The number of nitrogens with zero attached hydrogens (tertiary/aromatic N) is 3. The highest BCUT2D eigenvalue weighted by Gasteiger charge is 2.42. The number of hydrogen-bond donors (Lipinski definition) is 1. The molecule has 2 aliphatic rings. The zero-order valence-electron chi connectivity index (χ0n) is 21.4. The molecule has 190 valence electrons. The minimum atomic E-state index is -0.0700. The molecule has 1 saturated carbocycles. The minimum absolute atomic E-state index is 0.0700. The third kappa shape index (κ3) is 7.52. The first-order valence-corrected chi connectivity index (χ1v) is 12.9. The highest BCUT2D eigenvalue weighted by molar-refractivity contribution is 5.83. The van der Waals surface area contributed by atoms with E-state index in [9.17, 15) is 9.59 Å². The van der Waals surface area contributed by atoms with E-state index in [0.717, 1.165) is 77.9 Å². The van der Waals surface area contributed by atoms with Gasteiger partial charge in [0, 0.05) is 51.1 Å². The number of nitrogens with one attached hydrogen (secondary N) is 1. The lowest BCUT2D eigenvalue weighted by atomic mass is 9.73. The van der Waals surface area contributed by atoms with Crippen molar-refractivity contribution in [2.45, 2.75) is 62.9 Å². The number of amides is 2. The molecule has 7 heteroatoms. The summed E-state index contributed by atoms with van der Waals surface area (Å²) in [5, 5.41) is 2.64. The first-order chi connectivity index (χ1) is 16.4. The Morgan fingerprint density at radius 3 is 2.35 bits per heavy atom. The second-order valence-corrected chi connectivity index (χ2v) is 10.1. The van der Waals surface area contributed by atoms with Crippen LogP contribution in [0.4, 0.5) is 0 Å². The molecule has 34 heavy (non-hydrogen) atoms. The quantitative estimate of drug-likeness (QED) is 0.536. The number of carbonyl (C=O) groups excluding carboxylic acids is 2. The van der Waals surface area contributed by atoms with Crippen molar-refractivity contribution in [1.82, 2.24) is 20.0 Å². The lowest BCUT2D eigenvalue weighted by molar-refractivity contribution is -0.137. The molecule has 0 aromatic heterocycles. The van der Waals surface area contributed by atoms with E-state index in [-0.39, 0.29) is 36.2 Å². The van der Waals surface area contributed by atoms with Gasteiger partial charge in [-0.25, -0.2) is 0 Å². The van der Waals surface area contributed by atoms with Crippen molar-refractivity contribution in [3.63, 3.8) is 0 Å². The summed E-state index contributed by atoms with van der Waals surface area (Å²) in [5.74, 6) is 0.0497. The van der Waals surface area contributed by atoms with Gasteiger partial charge < -0.3 is 19.9 Å². The summed E-state index contributed by atoms with van der Waals surface area (Å²) >= 11 is 0. The smallest absolute Gasteiger partial charge is 0.223 e. The first-order valence-electron chi connectivity index (χ1n) is 12.9. The Morgan fingerprint density at radius 1 is 1.06 bits per heavy atom. The molecule has 1 aromatic carbocycles. The molecule has 0 unspecified atom stereocenters. The summed E-state index contributed by atoms with van der Waals surface area (Å²) in [5.41, 5.74) is 1.51. The third-order valence-corrected chi connectivity index (χ3v) is 7.55. The van der Waals surface area contributed by atoms with E-state index in [1.165, 1.54) is 5.56 Å². The Kier molecular flexibility index (Phi) is 10.4.